The standard InChI is InChI=1S/C15H23N3O/c1-11(16)12-6-4-8-18(9-12)10-13-5-2-3-7-14(13)15(17)19/h2-3,5,7,11-12H,4,6,8-10,16H2,1H3,(H2,17,19). The molecule has 4 heteroatoms. The van der Waals surface area contributed by atoms with E-state index in [0.717, 1.165) is 25.2 Å². The maximum Gasteiger partial charge on any atom is 0.249 e. The quantitative estimate of drug-likeness (QED) is 0.859. The Morgan fingerprint density at radius 2 is 2.21 bits per heavy atom. The first kappa shape index (κ1) is 14.0. The van der Waals surface area contributed by atoms with Crippen molar-refractivity contribution in [3.8, 4) is 0 Å². The average Bonchev–Trinajstić information content (AvgIpc) is 2.39. The van der Waals surface area contributed by atoms with E-state index in [0.29, 0.717) is 11.5 Å². The first-order valence-electron chi connectivity index (χ1n) is 6.93. The van der Waals surface area contributed by atoms with E-state index >= 15 is 0 Å². The molecular weight excluding hydrogens is 238 g/mol. The molecule has 2 rings (SSSR count). The molecule has 0 saturated carbocycles. The molecule has 0 radical (unpaired) electrons. The second-order valence-electron chi connectivity index (χ2n) is 5.52. The van der Waals surface area contributed by atoms with Gasteiger partial charge in [0.25, 0.3) is 0 Å². The van der Waals surface area contributed by atoms with Crippen LogP contribution in [0.15, 0.2) is 24.3 Å². The minimum Gasteiger partial charge on any atom is -0.366 e. The third-order valence-electron chi connectivity index (χ3n) is 3.96. The number of hydrogen-bond acceptors (Lipinski definition) is 3. The van der Waals surface area contributed by atoms with Gasteiger partial charge in [-0.05, 0) is 43.9 Å². The molecule has 1 saturated heterocycles. The van der Waals surface area contributed by atoms with Gasteiger partial charge in [-0.1, -0.05) is 18.2 Å². The normalized spacial score (nSPS) is 22.1. The van der Waals surface area contributed by atoms with Crippen LogP contribution < -0.4 is 11.5 Å². The van der Waals surface area contributed by atoms with Crippen molar-refractivity contribution in [2.45, 2.75) is 32.4 Å². The zero-order valence-electron chi connectivity index (χ0n) is 11.5. The zero-order valence-corrected chi connectivity index (χ0v) is 11.5. The molecule has 1 aliphatic heterocycles. The van der Waals surface area contributed by atoms with Crippen LogP contribution in [0.4, 0.5) is 0 Å². The number of carbonyl (C=O) groups is 1. The third kappa shape index (κ3) is 3.55. The first-order chi connectivity index (χ1) is 9.08. The summed E-state index contributed by atoms with van der Waals surface area (Å²) in [5.41, 5.74) is 13.1. The van der Waals surface area contributed by atoms with Crippen molar-refractivity contribution in [1.82, 2.24) is 4.90 Å². The molecule has 1 aromatic carbocycles. The molecular formula is C15H23N3O. The van der Waals surface area contributed by atoms with E-state index in [-0.39, 0.29) is 11.9 Å². The molecule has 4 N–H and O–H groups in total. The van der Waals surface area contributed by atoms with Gasteiger partial charge in [0, 0.05) is 24.7 Å². The minimum atomic E-state index is -0.351. The number of likely N-dealkylation sites (tertiary alicyclic amines) is 1. The van der Waals surface area contributed by atoms with Crippen LogP contribution in [0, 0.1) is 5.92 Å². The van der Waals surface area contributed by atoms with Gasteiger partial charge in [0.2, 0.25) is 5.91 Å². The average molecular weight is 261 g/mol. The Morgan fingerprint density at radius 3 is 2.89 bits per heavy atom. The van der Waals surface area contributed by atoms with Gasteiger partial charge >= 0.3 is 0 Å². The monoisotopic (exact) mass is 261 g/mol. The number of rotatable bonds is 4. The summed E-state index contributed by atoms with van der Waals surface area (Å²) < 4.78 is 0. The maximum atomic E-state index is 11.4. The summed E-state index contributed by atoms with van der Waals surface area (Å²) in [7, 11) is 0. The smallest absolute Gasteiger partial charge is 0.249 e. The van der Waals surface area contributed by atoms with E-state index < -0.39 is 0 Å². The molecule has 1 amide bonds. The largest absolute Gasteiger partial charge is 0.366 e. The highest BCUT2D eigenvalue weighted by molar-refractivity contribution is 5.94. The van der Waals surface area contributed by atoms with Crippen LogP contribution in [0.25, 0.3) is 0 Å². The van der Waals surface area contributed by atoms with Crippen molar-refractivity contribution in [3.05, 3.63) is 35.4 Å². The van der Waals surface area contributed by atoms with Gasteiger partial charge in [-0.15, -0.1) is 0 Å². The van der Waals surface area contributed by atoms with E-state index in [9.17, 15) is 4.79 Å². The van der Waals surface area contributed by atoms with Crippen LogP contribution in [0.3, 0.4) is 0 Å². The lowest BCUT2D eigenvalue weighted by atomic mass is 9.91. The fourth-order valence-corrected chi connectivity index (χ4v) is 2.80. The Morgan fingerprint density at radius 1 is 1.47 bits per heavy atom. The minimum absolute atomic E-state index is 0.231. The van der Waals surface area contributed by atoms with Crippen molar-refractivity contribution in [2.75, 3.05) is 13.1 Å². The summed E-state index contributed by atoms with van der Waals surface area (Å²) in [6.07, 6.45) is 2.37. The molecule has 0 spiro atoms. The molecule has 1 fully saturated rings. The topological polar surface area (TPSA) is 72.3 Å². The number of primary amides is 1. The second kappa shape index (κ2) is 6.17. The van der Waals surface area contributed by atoms with E-state index in [2.05, 4.69) is 11.8 Å². The van der Waals surface area contributed by atoms with E-state index in [1.165, 1.54) is 12.8 Å². The lowest BCUT2D eigenvalue weighted by molar-refractivity contribution is 0.0996. The molecule has 1 aliphatic rings. The summed E-state index contributed by atoms with van der Waals surface area (Å²) in [6.45, 7) is 4.93. The highest BCUT2D eigenvalue weighted by atomic mass is 16.1. The fraction of sp³-hybridized carbons (Fsp3) is 0.533. The molecule has 19 heavy (non-hydrogen) atoms. The number of carbonyl (C=O) groups excluding carboxylic acids is 1. The Bertz CT molecular complexity index is 445. The predicted octanol–water partition coefficient (Wildman–Crippen LogP) is 1.34. The third-order valence-corrected chi connectivity index (χ3v) is 3.96. The van der Waals surface area contributed by atoms with Crippen molar-refractivity contribution >= 4 is 5.91 Å². The summed E-state index contributed by atoms with van der Waals surface area (Å²) in [6, 6.07) is 7.81. The predicted molar refractivity (Wildman–Crippen MR) is 76.6 cm³/mol. The first-order valence-corrected chi connectivity index (χ1v) is 6.93. The Hall–Kier alpha value is -1.39. The Kier molecular flexibility index (Phi) is 4.56. The number of nitrogens with two attached hydrogens (primary N) is 2. The van der Waals surface area contributed by atoms with Gasteiger partial charge in [0.15, 0.2) is 0 Å². The van der Waals surface area contributed by atoms with Crippen LogP contribution in [-0.2, 0) is 6.54 Å². The van der Waals surface area contributed by atoms with Gasteiger partial charge in [0.1, 0.15) is 0 Å². The molecule has 1 heterocycles. The zero-order chi connectivity index (χ0) is 13.8. The van der Waals surface area contributed by atoms with Crippen molar-refractivity contribution in [1.29, 1.82) is 0 Å². The number of piperidine rings is 1. The number of nitrogens with zero attached hydrogens (tertiary/aromatic N) is 1. The second-order valence-corrected chi connectivity index (χ2v) is 5.52. The summed E-state index contributed by atoms with van der Waals surface area (Å²) >= 11 is 0. The molecule has 0 aromatic heterocycles. The maximum absolute atomic E-state index is 11.4. The van der Waals surface area contributed by atoms with Crippen LogP contribution in [-0.4, -0.2) is 29.9 Å². The van der Waals surface area contributed by atoms with E-state index in [1.54, 1.807) is 6.07 Å². The number of hydrogen-bond donors (Lipinski definition) is 2. The molecule has 0 aliphatic carbocycles. The van der Waals surface area contributed by atoms with Gasteiger partial charge in [-0.2, -0.15) is 0 Å². The molecule has 4 nitrogen and oxygen atoms in total. The highest BCUT2D eigenvalue weighted by Gasteiger charge is 2.23. The highest BCUT2D eigenvalue weighted by Crippen LogP contribution is 2.21. The molecule has 1 aromatic rings. The van der Waals surface area contributed by atoms with Crippen molar-refractivity contribution in [3.63, 3.8) is 0 Å². The molecule has 104 valence electrons. The van der Waals surface area contributed by atoms with Gasteiger partial charge < -0.3 is 11.5 Å². The van der Waals surface area contributed by atoms with Crippen LogP contribution >= 0.6 is 0 Å². The Labute approximate surface area is 114 Å². The van der Waals surface area contributed by atoms with Gasteiger partial charge in [-0.25, -0.2) is 0 Å². The summed E-state index contributed by atoms with van der Waals surface area (Å²) in [5, 5.41) is 0. The molecule has 0 bridgehead atoms. The summed E-state index contributed by atoms with van der Waals surface area (Å²) in [4.78, 5) is 13.8. The molecule has 2 atom stereocenters. The van der Waals surface area contributed by atoms with Gasteiger partial charge in [-0.3, -0.25) is 9.69 Å². The number of amides is 1. The van der Waals surface area contributed by atoms with Crippen molar-refractivity contribution < 1.29 is 4.79 Å². The SMILES string of the molecule is CC(N)C1CCCN(Cc2ccccc2C(N)=O)C1. The number of benzene rings is 1. The lowest BCUT2D eigenvalue weighted by Gasteiger charge is -2.34. The van der Waals surface area contributed by atoms with Crippen molar-refractivity contribution in [2.24, 2.45) is 17.4 Å². The summed E-state index contributed by atoms with van der Waals surface area (Å²) in [5.74, 6) is 0.200. The Balaban J connectivity index is 2.07. The lowest BCUT2D eigenvalue weighted by Crippen LogP contribution is -2.42. The van der Waals surface area contributed by atoms with E-state index in [1.807, 2.05) is 18.2 Å². The van der Waals surface area contributed by atoms with Gasteiger partial charge in [0.05, 0.1) is 0 Å². The fourth-order valence-electron chi connectivity index (χ4n) is 2.80. The van der Waals surface area contributed by atoms with E-state index in [4.69, 9.17) is 11.5 Å². The molecule has 2 unspecified atom stereocenters. The van der Waals surface area contributed by atoms with Crippen LogP contribution in [0.2, 0.25) is 0 Å². The van der Waals surface area contributed by atoms with Crippen LogP contribution in [0.1, 0.15) is 35.7 Å². The van der Waals surface area contributed by atoms with Crippen LogP contribution in [0.5, 0.6) is 0 Å².